The van der Waals surface area contributed by atoms with Gasteiger partial charge in [-0.25, -0.2) is 0 Å². The monoisotopic (exact) mass is 386 g/mol. The van der Waals surface area contributed by atoms with Crippen molar-refractivity contribution in [1.29, 1.82) is 0 Å². The zero-order valence-electron chi connectivity index (χ0n) is 16.4. The largest absolute Gasteiger partial charge is 0.455 e. The summed E-state index contributed by atoms with van der Waals surface area (Å²) in [6.45, 7) is 0.702. The summed E-state index contributed by atoms with van der Waals surface area (Å²) in [5, 5.41) is 2.97. The highest BCUT2D eigenvalue weighted by molar-refractivity contribution is 5.88. The van der Waals surface area contributed by atoms with E-state index < -0.39 is 11.9 Å². The molecule has 152 valence electrons. The Bertz CT molecular complexity index is 668. The van der Waals surface area contributed by atoms with Crippen molar-refractivity contribution in [2.24, 2.45) is 5.92 Å². The number of amides is 2. The minimum absolute atomic E-state index is 0.0270. The molecule has 1 aliphatic heterocycles. The topological polar surface area (TPSA) is 75.7 Å². The number of nitrogens with zero attached hydrogens (tertiary/aromatic N) is 1. The molecule has 1 aromatic carbocycles. The fourth-order valence-electron chi connectivity index (χ4n) is 4.00. The first kappa shape index (κ1) is 20.4. The van der Waals surface area contributed by atoms with Crippen LogP contribution in [-0.4, -0.2) is 48.4 Å². The van der Waals surface area contributed by atoms with Crippen LogP contribution in [0.1, 0.15) is 50.5 Å². The average Bonchev–Trinajstić information content (AvgIpc) is 2.89. The van der Waals surface area contributed by atoms with Gasteiger partial charge in [-0.05, 0) is 24.8 Å². The quantitative estimate of drug-likeness (QED) is 0.577. The summed E-state index contributed by atoms with van der Waals surface area (Å²) >= 11 is 0. The molecule has 28 heavy (non-hydrogen) atoms. The maximum absolute atomic E-state index is 12.3. The van der Waals surface area contributed by atoms with Gasteiger partial charge in [-0.3, -0.25) is 14.4 Å². The van der Waals surface area contributed by atoms with Crippen LogP contribution in [-0.2, 0) is 25.5 Å². The van der Waals surface area contributed by atoms with Crippen LogP contribution in [0.5, 0.6) is 0 Å². The number of nitrogens with one attached hydrogen (secondary N) is 1. The van der Waals surface area contributed by atoms with Crippen molar-refractivity contribution >= 4 is 17.8 Å². The Balaban J connectivity index is 1.38. The second-order valence-electron chi connectivity index (χ2n) is 7.84. The molecule has 6 heteroatoms. The zero-order chi connectivity index (χ0) is 19.8. The van der Waals surface area contributed by atoms with Gasteiger partial charge in [0.2, 0.25) is 5.91 Å². The van der Waals surface area contributed by atoms with E-state index in [9.17, 15) is 14.4 Å². The van der Waals surface area contributed by atoms with E-state index in [1.807, 2.05) is 30.3 Å². The number of rotatable bonds is 7. The standard InChI is InChI=1S/C22H30N2O4/c25-20(23-19-10-6-1-2-7-11-19)16-28-22(27)18-14-21(26)24(15-18)13-12-17-8-4-3-5-9-17/h3-5,8-9,18-19H,1-2,6-7,10-16H2,(H,23,25)/t18-/m0/s1. The van der Waals surface area contributed by atoms with Crippen molar-refractivity contribution < 1.29 is 19.1 Å². The maximum atomic E-state index is 12.3. The van der Waals surface area contributed by atoms with Gasteiger partial charge in [-0.2, -0.15) is 0 Å². The molecule has 6 nitrogen and oxygen atoms in total. The van der Waals surface area contributed by atoms with E-state index in [0.29, 0.717) is 13.1 Å². The Morgan fingerprint density at radius 2 is 1.79 bits per heavy atom. The van der Waals surface area contributed by atoms with E-state index >= 15 is 0 Å². The van der Waals surface area contributed by atoms with Gasteiger partial charge in [-0.15, -0.1) is 0 Å². The van der Waals surface area contributed by atoms with E-state index in [-0.39, 0.29) is 30.9 Å². The summed E-state index contributed by atoms with van der Waals surface area (Å²) in [5.41, 5.74) is 1.16. The van der Waals surface area contributed by atoms with Gasteiger partial charge in [0.15, 0.2) is 6.61 Å². The Morgan fingerprint density at radius 1 is 1.07 bits per heavy atom. The van der Waals surface area contributed by atoms with Gasteiger partial charge in [0, 0.05) is 25.6 Å². The van der Waals surface area contributed by atoms with Crippen LogP contribution in [0, 0.1) is 5.92 Å². The van der Waals surface area contributed by atoms with Crippen LogP contribution in [0.3, 0.4) is 0 Å². The van der Waals surface area contributed by atoms with Crippen LogP contribution < -0.4 is 5.32 Å². The SMILES string of the molecule is O=C(COC(=O)[C@H]1CC(=O)N(CCc2ccccc2)C1)NC1CCCCCC1. The lowest BCUT2D eigenvalue weighted by molar-refractivity contribution is -0.152. The number of benzene rings is 1. The molecule has 1 heterocycles. The first-order valence-corrected chi connectivity index (χ1v) is 10.4. The summed E-state index contributed by atoms with van der Waals surface area (Å²) in [6, 6.07) is 10.2. The number of carbonyl (C=O) groups is 3. The minimum atomic E-state index is -0.478. The molecule has 1 N–H and O–H groups in total. The van der Waals surface area contributed by atoms with Gasteiger partial charge in [0.1, 0.15) is 0 Å². The lowest BCUT2D eigenvalue weighted by Gasteiger charge is -2.17. The molecule has 1 aromatic rings. The third-order valence-corrected chi connectivity index (χ3v) is 5.63. The Morgan fingerprint density at radius 3 is 2.50 bits per heavy atom. The van der Waals surface area contributed by atoms with Crippen molar-refractivity contribution in [3.63, 3.8) is 0 Å². The van der Waals surface area contributed by atoms with Crippen molar-refractivity contribution in [2.45, 2.75) is 57.4 Å². The molecule has 1 saturated carbocycles. The van der Waals surface area contributed by atoms with Crippen LogP contribution in [0.4, 0.5) is 0 Å². The van der Waals surface area contributed by atoms with Gasteiger partial charge in [0.05, 0.1) is 5.92 Å². The normalized spacial score (nSPS) is 20.6. The molecule has 0 spiro atoms. The van der Waals surface area contributed by atoms with Crippen LogP contribution in [0.25, 0.3) is 0 Å². The van der Waals surface area contributed by atoms with E-state index in [4.69, 9.17) is 4.74 Å². The zero-order valence-corrected chi connectivity index (χ0v) is 16.4. The van der Waals surface area contributed by atoms with Crippen LogP contribution in [0.2, 0.25) is 0 Å². The summed E-state index contributed by atoms with van der Waals surface area (Å²) in [7, 11) is 0. The molecular formula is C22H30N2O4. The first-order chi connectivity index (χ1) is 13.6. The molecule has 2 amide bonds. The fourth-order valence-corrected chi connectivity index (χ4v) is 4.00. The number of ether oxygens (including phenoxy) is 1. The number of esters is 1. The van der Waals surface area contributed by atoms with Gasteiger partial charge in [-0.1, -0.05) is 56.0 Å². The summed E-state index contributed by atoms with van der Waals surface area (Å²) in [6.07, 6.45) is 7.62. The number of carbonyl (C=O) groups excluding carboxylic acids is 3. The molecule has 3 rings (SSSR count). The third-order valence-electron chi connectivity index (χ3n) is 5.63. The third kappa shape index (κ3) is 6.08. The highest BCUT2D eigenvalue weighted by Gasteiger charge is 2.35. The maximum Gasteiger partial charge on any atom is 0.311 e. The molecule has 1 aliphatic carbocycles. The minimum Gasteiger partial charge on any atom is -0.455 e. The highest BCUT2D eigenvalue weighted by Crippen LogP contribution is 2.20. The Kier molecular flexibility index (Phi) is 7.46. The predicted octanol–water partition coefficient (Wildman–Crippen LogP) is 2.46. The number of likely N-dealkylation sites (tertiary alicyclic amines) is 1. The van der Waals surface area contributed by atoms with E-state index in [1.54, 1.807) is 4.90 Å². The second kappa shape index (κ2) is 10.2. The molecule has 2 aliphatic rings. The molecule has 1 atom stereocenters. The van der Waals surface area contributed by atoms with E-state index in [2.05, 4.69) is 5.32 Å². The molecule has 0 radical (unpaired) electrons. The lowest BCUT2D eigenvalue weighted by atomic mass is 10.1. The second-order valence-corrected chi connectivity index (χ2v) is 7.84. The molecule has 2 fully saturated rings. The molecule has 1 saturated heterocycles. The summed E-state index contributed by atoms with van der Waals surface area (Å²) < 4.78 is 5.19. The molecular weight excluding hydrogens is 356 g/mol. The molecule has 0 aromatic heterocycles. The molecule has 0 unspecified atom stereocenters. The van der Waals surface area contributed by atoms with Gasteiger partial charge in [0.25, 0.3) is 5.91 Å². The smallest absolute Gasteiger partial charge is 0.311 e. The lowest BCUT2D eigenvalue weighted by Crippen LogP contribution is -2.38. The van der Waals surface area contributed by atoms with Crippen LogP contribution in [0.15, 0.2) is 30.3 Å². The van der Waals surface area contributed by atoms with E-state index in [1.165, 1.54) is 12.8 Å². The summed E-state index contributed by atoms with van der Waals surface area (Å²) in [5.74, 6) is -1.20. The van der Waals surface area contributed by atoms with Crippen molar-refractivity contribution in [3.8, 4) is 0 Å². The van der Waals surface area contributed by atoms with Gasteiger partial charge >= 0.3 is 5.97 Å². The van der Waals surface area contributed by atoms with Crippen molar-refractivity contribution in [3.05, 3.63) is 35.9 Å². The number of hydrogen-bond acceptors (Lipinski definition) is 4. The van der Waals surface area contributed by atoms with Crippen molar-refractivity contribution in [1.82, 2.24) is 10.2 Å². The predicted molar refractivity (Wildman–Crippen MR) is 105 cm³/mol. The first-order valence-electron chi connectivity index (χ1n) is 10.4. The highest BCUT2D eigenvalue weighted by atomic mass is 16.5. The van der Waals surface area contributed by atoms with E-state index in [0.717, 1.165) is 37.7 Å². The average molecular weight is 386 g/mol. The van der Waals surface area contributed by atoms with Gasteiger partial charge < -0.3 is 15.0 Å². The summed E-state index contributed by atoms with van der Waals surface area (Å²) in [4.78, 5) is 38.2. The van der Waals surface area contributed by atoms with Crippen molar-refractivity contribution in [2.75, 3.05) is 19.7 Å². The Hall–Kier alpha value is -2.37. The number of hydrogen-bond donors (Lipinski definition) is 1. The fraction of sp³-hybridized carbons (Fsp3) is 0.591. The van der Waals surface area contributed by atoms with Crippen LogP contribution >= 0.6 is 0 Å². The Labute approximate surface area is 166 Å². The molecule has 0 bridgehead atoms.